The number of aliphatic hydroxyl groups is 1. The van der Waals surface area contributed by atoms with Crippen LogP contribution >= 0.6 is 0 Å². The summed E-state index contributed by atoms with van der Waals surface area (Å²) in [5, 5.41) is 22.6. The van der Waals surface area contributed by atoms with E-state index in [-0.39, 0.29) is 0 Å². The number of amides is 2. The van der Waals surface area contributed by atoms with E-state index in [2.05, 4.69) is 10.6 Å². The van der Waals surface area contributed by atoms with Gasteiger partial charge in [-0.3, -0.25) is 0 Å². The van der Waals surface area contributed by atoms with Crippen LogP contribution in [0.4, 0.5) is 4.79 Å². The second-order valence-corrected chi connectivity index (χ2v) is 4.01. The molecule has 2 amide bonds. The molecule has 2 atom stereocenters. The largest absolute Gasteiger partial charge is 0.480 e. The van der Waals surface area contributed by atoms with Crippen molar-refractivity contribution < 1.29 is 24.5 Å². The van der Waals surface area contributed by atoms with Gasteiger partial charge in [0.25, 0.3) is 0 Å². The average Bonchev–Trinajstić information content (AvgIpc) is 2.29. The van der Waals surface area contributed by atoms with Crippen LogP contribution in [-0.2, 0) is 9.53 Å². The van der Waals surface area contributed by atoms with Crippen molar-refractivity contribution in [3.05, 3.63) is 0 Å². The SMILES string of the molecule is COCCCCCNC(=O)N[C@H](C(=O)O)[C@@H](C)O. The van der Waals surface area contributed by atoms with E-state index in [1.807, 2.05) is 0 Å². The summed E-state index contributed by atoms with van der Waals surface area (Å²) in [6.07, 6.45) is 1.50. The first-order valence-electron chi connectivity index (χ1n) is 5.93. The molecule has 4 N–H and O–H groups in total. The minimum Gasteiger partial charge on any atom is -0.480 e. The van der Waals surface area contributed by atoms with Crippen LogP contribution in [0, 0.1) is 0 Å². The van der Waals surface area contributed by atoms with Gasteiger partial charge in [0, 0.05) is 20.3 Å². The van der Waals surface area contributed by atoms with Crippen LogP contribution < -0.4 is 10.6 Å². The molecule has 0 unspecified atom stereocenters. The quantitative estimate of drug-likeness (QED) is 0.435. The van der Waals surface area contributed by atoms with Gasteiger partial charge in [-0.15, -0.1) is 0 Å². The second-order valence-electron chi connectivity index (χ2n) is 4.01. The summed E-state index contributed by atoms with van der Waals surface area (Å²) in [5.74, 6) is -1.26. The Morgan fingerprint density at radius 1 is 1.28 bits per heavy atom. The number of aliphatic carboxylic acids is 1. The number of carboxylic acid groups (broad SMARTS) is 1. The van der Waals surface area contributed by atoms with Gasteiger partial charge >= 0.3 is 12.0 Å². The maximum Gasteiger partial charge on any atom is 0.328 e. The molecule has 0 fully saturated rings. The van der Waals surface area contributed by atoms with E-state index in [0.717, 1.165) is 19.3 Å². The van der Waals surface area contributed by atoms with Gasteiger partial charge in [-0.05, 0) is 26.2 Å². The highest BCUT2D eigenvalue weighted by atomic mass is 16.5. The van der Waals surface area contributed by atoms with Crippen LogP contribution in [0.2, 0.25) is 0 Å². The fraction of sp³-hybridized carbons (Fsp3) is 0.818. The summed E-state index contributed by atoms with van der Waals surface area (Å²) in [6.45, 7) is 2.46. The Bertz CT molecular complexity index is 258. The fourth-order valence-electron chi connectivity index (χ4n) is 1.33. The number of hydrogen-bond donors (Lipinski definition) is 4. The highest BCUT2D eigenvalue weighted by Crippen LogP contribution is 1.95. The zero-order chi connectivity index (χ0) is 14.0. The first-order chi connectivity index (χ1) is 8.49. The summed E-state index contributed by atoms with van der Waals surface area (Å²) in [4.78, 5) is 22.0. The second kappa shape index (κ2) is 9.67. The van der Waals surface area contributed by atoms with Crippen LogP contribution in [-0.4, -0.2) is 54.6 Å². The normalized spacial score (nSPS) is 13.7. The molecule has 0 spiro atoms. The summed E-state index contributed by atoms with van der Waals surface area (Å²) in [6, 6.07) is -1.88. The molecular weight excluding hydrogens is 240 g/mol. The van der Waals surface area contributed by atoms with Crippen LogP contribution in [0.15, 0.2) is 0 Å². The number of aliphatic hydroxyl groups excluding tert-OH is 1. The third-order valence-corrected chi connectivity index (χ3v) is 2.35. The van der Waals surface area contributed by atoms with Crippen LogP contribution in [0.25, 0.3) is 0 Å². The smallest absolute Gasteiger partial charge is 0.328 e. The number of urea groups is 1. The molecule has 0 bridgehead atoms. The van der Waals surface area contributed by atoms with Crippen molar-refractivity contribution in [1.29, 1.82) is 0 Å². The number of methoxy groups -OCH3 is 1. The van der Waals surface area contributed by atoms with Crippen LogP contribution in [0.3, 0.4) is 0 Å². The van der Waals surface area contributed by atoms with Gasteiger partial charge in [-0.2, -0.15) is 0 Å². The number of unbranched alkanes of at least 4 members (excludes halogenated alkanes) is 2. The first kappa shape index (κ1) is 16.7. The number of carboxylic acids is 1. The van der Waals surface area contributed by atoms with Crippen molar-refractivity contribution in [2.24, 2.45) is 0 Å². The average molecular weight is 262 g/mol. The Morgan fingerprint density at radius 2 is 1.94 bits per heavy atom. The van der Waals surface area contributed by atoms with Gasteiger partial charge in [0.1, 0.15) is 0 Å². The van der Waals surface area contributed by atoms with E-state index in [4.69, 9.17) is 14.9 Å². The minimum atomic E-state index is -1.29. The Hall–Kier alpha value is -1.34. The van der Waals surface area contributed by atoms with Gasteiger partial charge < -0.3 is 25.6 Å². The molecule has 0 radical (unpaired) electrons. The molecule has 18 heavy (non-hydrogen) atoms. The van der Waals surface area contributed by atoms with E-state index in [1.54, 1.807) is 7.11 Å². The minimum absolute atomic E-state index is 0.460. The van der Waals surface area contributed by atoms with Gasteiger partial charge in [0.05, 0.1) is 6.10 Å². The van der Waals surface area contributed by atoms with Crippen molar-refractivity contribution in [2.45, 2.75) is 38.3 Å². The predicted molar refractivity (Wildman–Crippen MR) is 65.4 cm³/mol. The molecule has 0 aliphatic heterocycles. The van der Waals surface area contributed by atoms with E-state index in [0.29, 0.717) is 13.2 Å². The molecule has 106 valence electrons. The fourth-order valence-corrected chi connectivity index (χ4v) is 1.33. The molecule has 0 rings (SSSR count). The number of carbonyl (C=O) groups is 2. The summed E-state index contributed by atoms with van der Waals surface area (Å²) in [7, 11) is 1.63. The number of rotatable bonds is 9. The van der Waals surface area contributed by atoms with Crippen molar-refractivity contribution in [1.82, 2.24) is 10.6 Å². The van der Waals surface area contributed by atoms with Crippen LogP contribution in [0.5, 0.6) is 0 Å². The zero-order valence-corrected chi connectivity index (χ0v) is 10.8. The highest BCUT2D eigenvalue weighted by molar-refractivity contribution is 5.82. The van der Waals surface area contributed by atoms with Crippen molar-refractivity contribution in [3.63, 3.8) is 0 Å². The standard InChI is InChI=1S/C11H22N2O5/c1-8(14)9(10(15)16)13-11(17)12-6-4-3-5-7-18-2/h8-9,14H,3-7H2,1-2H3,(H,15,16)(H2,12,13,17)/t8-,9+/m1/s1. The van der Waals surface area contributed by atoms with Crippen molar-refractivity contribution in [3.8, 4) is 0 Å². The topological polar surface area (TPSA) is 108 Å². The van der Waals surface area contributed by atoms with Gasteiger partial charge in [-0.25, -0.2) is 9.59 Å². The van der Waals surface area contributed by atoms with E-state index >= 15 is 0 Å². The van der Waals surface area contributed by atoms with Gasteiger partial charge in [0.2, 0.25) is 0 Å². The Morgan fingerprint density at radius 3 is 2.44 bits per heavy atom. The lowest BCUT2D eigenvalue weighted by atomic mass is 10.2. The predicted octanol–water partition coefficient (Wildman–Crippen LogP) is -0.0637. The number of ether oxygens (including phenoxy) is 1. The lowest BCUT2D eigenvalue weighted by Crippen LogP contribution is -2.51. The first-order valence-corrected chi connectivity index (χ1v) is 5.93. The van der Waals surface area contributed by atoms with Crippen molar-refractivity contribution >= 4 is 12.0 Å². The maximum absolute atomic E-state index is 11.3. The molecular formula is C11H22N2O5. The molecule has 0 aromatic rings. The molecule has 7 heteroatoms. The third kappa shape index (κ3) is 7.86. The molecule has 0 aliphatic rings. The molecule has 0 saturated carbocycles. The number of carbonyl (C=O) groups excluding carboxylic acids is 1. The van der Waals surface area contributed by atoms with Gasteiger partial charge in [-0.1, -0.05) is 0 Å². The summed E-state index contributed by atoms with van der Waals surface area (Å²) < 4.78 is 4.88. The van der Waals surface area contributed by atoms with Crippen LogP contribution in [0.1, 0.15) is 26.2 Å². The molecule has 0 heterocycles. The molecule has 0 aliphatic carbocycles. The molecule has 0 aromatic heterocycles. The molecule has 0 aromatic carbocycles. The highest BCUT2D eigenvalue weighted by Gasteiger charge is 2.24. The molecule has 0 saturated heterocycles. The lowest BCUT2D eigenvalue weighted by molar-refractivity contribution is -0.141. The monoisotopic (exact) mass is 262 g/mol. The summed E-state index contributed by atoms with van der Waals surface area (Å²) >= 11 is 0. The van der Waals surface area contributed by atoms with E-state index < -0.39 is 24.1 Å². The summed E-state index contributed by atoms with van der Waals surface area (Å²) in [5.41, 5.74) is 0. The zero-order valence-electron chi connectivity index (χ0n) is 10.8. The third-order valence-electron chi connectivity index (χ3n) is 2.35. The van der Waals surface area contributed by atoms with Gasteiger partial charge in [0.15, 0.2) is 6.04 Å². The number of hydrogen-bond acceptors (Lipinski definition) is 4. The Kier molecular flexibility index (Phi) is 8.95. The van der Waals surface area contributed by atoms with E-state index in [9.17, 15) is 9.59 Å². The number of nitrogens with one attached hydrogen (secondary N) is 2. The maximum atomic E-state index is 11.3. The Balaban J connectivity index is 3.72. The van der Waals surface area contributed by atoms with E-state index in [1.165, 1.54) is 6.92 Å². The Labute approximate surface area is 107 Å². The lowest BCUT2D eigenvalue weighted by Gasteiger charge is -2.17. The molecule has 7 nitrogen and oxygen atoms in total. The van der Waals surface area contributed by atoms with Crippen molar-refractivity contribution in [2.75, 3.05) is 20.3 Å².